The molecule has 0 aliphatic rings. The molecule has 0 fully saturated rings. The first kappa shape index (κ1) is 20.5. The molecule has 8 heteroatoms. The molecule has 1 amide bonds. The van der Waals surface area contributed by atoms with Gasteiger partial charge in [0.05, 0.1) is 28.9 Å². The number of benzene rings is 2. The van der Waals surface area contributed by atoms with Crippen LogP contribution in [0.2, 0.25) is 10.2 Å². The number of thioether (sulfide) groups is 1. The molecule has 0 aliphatic heterocycles. The van der Waals surface area contributed by atoms with Gasteiger partial charge in [-0.15, -0.1) is 11.8 Å². The van der Waals surface area contributed by atoms with E-state index in [0.29, 0.717) is 21.5 Å². The second kappa shape index (κ2) is 9.78. The molecule has 0 saturated heterocycles. The Morgan fingerprint density at radius 1 is 1.18 bits per heavy atom. The molecule has 144 valence electrons. The van der Waals surface area contributed by atoms with Crippen LogP contribution in [0.5, 0.6) is 0 Å². The number of hydrazone groups is 1. The van der Waals surface area contributed by atoms with E-state index in [9.17, 15) is 4.79 Å². The standard InChI is InChI=1S/C20H18Cl2N4OS/c1-14-18(20(22)25-26(14)17-5-3-2-4-6-17)11-23-24-19(27)13-28-12-15-7-9-16(21)10-8-15/h2-11H,12-13H2,1H3,(H,24,27)/b23-11-. The largest absolute Gasteiger partial charge is 0.272 e. The zero-order valence-electron chi connectivity index (χ0n) is 15.1. The molecule has 3 rings (SSSR count). The maximum absolute atomic E-state index is 12.0. The van der Waals surface area contributed by atoms with Gasteiger partial charge < -0.3 is 0 Å². The van der Waals surface area contributed by atoms with E-state index >= 15 is 0 Å². The van der Waals surface area contributed by atoms with E-state index in [2.05, 4.69) is 15.6 Å². The quantitative estimate of drug-likeness (QED) is 0.427. The summed E-state index contributed by atoms with van der Waals surface area (Å²) in [6.07, 6.45) is 1.52. The van der Waals surface area contributed by atoms with Crippen molar-refractivity contribution in [2.24, 2.45) is 5.10 Å². The van der Waals surface area contributed by atoms with Crippen molar-refractivity contribution in [1.29, 1.82) is 0 Å². The van der Waals surface area contributed by atoms with Crippen molar-refractivity contribution in [3.63, 3.8) is 0 Å². The molecule has 28 heavy (non-hydrogen) atoms. The van der Waals surface area contributed by atoms with E-state index in [0.717, 1.165) is 22.7 Å². The van der Waals surface area contributed by atoms with E-state index in [4.69, 9.17) is 23.2 Å². The Kier molecular flexibility index (Phi) is 7.14. The van der Waals surface area contributed by atoms with Crippen molar-refractivity contribution in [1.82, 2.24) is 15.2 Å². The van der Waals surface area contributed by atoms with E-state index in [1.165, 1.54) is 18.0 Å². The second-order valence-corrected chi connectivity index (χ2v) is 7.73. The molecule has 0 aliphatic carbocycles. The summed E-state index contributed by atoms with van der Waals surface area (Å²) in [5.41, 5.74) is 6.05. The van der Waals surface area contributed by atoms with Crippen molar-refractivity contribution in [2.45, 2.75) is 12.7 Å². The molecule has 1 heterocycles. The van der Waals surface area contributed by atoms with Gasteiger partial charge in [0.15, 0.2) is 5.15 Å². The van der Waals surface area contributed by atoms with Crippen molar-refractivity contribution < 1.29 is 4.79 Å². The molecule has 3 aromatic rings. The first-order valence-corrected chi connectivity index (χ1v) is 10.4. The van der Waals surface area contributed by atoms with E-state index in [-0.39, 0.29) is 5.91 Å². The van der Waals surface area contributed by atoms with Gasteiger partial charge in [0, 0.05) is 10.8 Å². The van der Waals surface area contributed by atoms with Crippen LogP contribution in [-0.2, 0) is 10.5 Å². The number of aromatic nitrogens is 2. The summed E-state index contributed by atoms with van der Waals surface area (Å²) in [7, 11) is 0. The van der Waals surface area contributed by atoms with Gasteiger partial charge in [0.25, 0.3) is 0 Å². The smallest absolute Gasteiger partial charge is 0.250 e. The highest BCUT2D eigenvalue weighted by atomic mass is 35.5. The monoisotopic (exact) mass is 432 g/mol. The molecule has 0 saturated carbocycles. The predicted octanol–water partition coefficient (Wildman–Crippen LogP) is 4.87. The van der Waals surface area contributed by atoms with Crippen molar-refractivity contribution in [2.75, 3.05) is 5.75 Å². The highest BCUT2D eigenvalue weighted by Crippen LogP contribution is 2.20. The number of carbonyl (C=O) groups is 1. The maximum Gasteiger partial charge on any atom is 0.250 e. The van der Waals surface area contributed by atoms with Gasteiger partial charge in [-0.3, -0.25) is 4.79 Å². The van der Waals surface area contributed by atoms with Gasteiger partial charge in [-0.1, -0.05) is 53.5 Å². The second-order valence-electron chi connectivity index (χ2n) is 5.95. The highest BCUT2D eigenvalue weighted by molar-refractivity contribution is 7.99. The average molecular weight is 433 g/mol. The molecule has 0 atom stereocenters. The van der Waals surface area contributed by atoms with Gasteiger partial charge in [-0.05, 0) is 36.8 Å². The summed E-state index contributed by atoms with van der Waals surface area (Å²) in [6.45, 7) is 1.90. The first-order chi connectivity index (χ1) is 13.5. The van der Waals surface area contributed by atoms with Crippen LogP contribution < -0.4 is 5.43 Å². The number of carbonyl (C=O) groups excluding carboxylic acids is 1. The molecule has 2 aromatic carbocycles. The molecule has 0 bridgehead atoms. The Balaban J connectivity index is 1.53. The molecule has 5 nitrogen and oxygen atoms in total. The summed E-state index contributed by atoms with van der Waals surface area (Å²) in [5.74, 6) is 0.846. The van der Waals surface area contributed by atoms with Crippen LogP contribution in [0.1, 0.15) is 16.8 Å². The normalized spacial score (nSPS) is 11.1. The lowest BCUT2D eigenvalue weighted by atomic mass is 10.2. The minimum atomic E-state index is -0.181. The Morgan fingerprint density at radius 2 is 1.89 bits per heavy atom. The van der Waals surface area contributed by atoms with Crippen LogP contribution in [-0.4, -0.2) is 27.7 Å². The molecule has 0 unspecified atom stereocenters. The molecule has 1 N–H and O–H groups in total. The molecular formula is C20H18Cl2N4OS. The van der Waals surface area contributed by atoms with Crippen molar-refractivity contribution >= 4 is 47.1 Å². The number of nitrogens with one attached hydrogen (secondary N) is 1. The Bertz CT molecular complexity index is 972. The summed E-state index contributed by atoms with van der Waals surface area (Å²) in [4.78, 5) is 12.0. The van der Waals surface area contributed by atoms with Crippen LogP contribution >= 0.6 is 35.0 Å². The number of nitrogens with zero attached hydrogens (tertiary/aromatic N) is 3. The van der Waals surface area contributed by atoms with Crippen LogP contribution in [0.4, 0.5) is 0 Å². The zero-order chi connectivity index (χ0) is 19.9. The Hall–Kier alpha value is -2.28. The van der Waals surface area contributed by atoms with Crippen molar-refractivity contribution in [3.8, 4) is 5.69 Å². The lowest BCUT2D eigenvalue weighted by molar-refractivity contribution is -0.118. The van der Waals surface area contributed by atoms with Gasteiger partial charge in [-0.25, -0.2) is 10.1 Å². The van der Waals surface area contributed by atoms with Gasteiger partial charge in [0.1, 0.15) is 0 Å². The molecular weight excluding hydrogens is 415 g/mol. The molecule has 0 spiro atoms. The number of hydrogen-bond donors (Lipinski definition) is 1. The van der Waals surface area contributed by atoms with Crippen molar-refractivity contribution in [3.05, 3.63) is 81.6 Å². The third kappa shape index (κ3) is 5.38. The lowest BCUT2D eigenvalue weighted by Gasteiger charge is -2.03. The average Bonchev–Trinajstić information content (AvgIpc) is 2.98. The zero-order valence-corrected chi connectivity index (χ0v) is 17.4. The van der Waals surface area contributed by atoms with E-state index < -0.39 is 0 Å². The Labute approximate surface area is 177 Å². The highest BCUT2D eigenvalue weighted by Gasteiger charge is 2.12. The van der Waals surface area contributed by atoms with Gasteiger partial charge in [0.2, 0.25) is 5.91 Å². The summed E-state index contributed by atoms with van der Waals surface area (Å²) < 4.78 is 1.74. The summed E-state index contributed by atoms with van der Waals surface area (Å²) >= 11 is 13.6. The predicted molar refractivity (Wildman–Crippen MR) is 117 cm³/mol. The summed E-state index contributed by atoms with van der Waals surface area (Å²) in [6, 6.07) is 17.2. The third-order valence-corrected chi connectivity index (χ3v) is 5.45. The van der Waals surface area contributed by atoms with Crippen LogP contribution in [0.3, 0.4) is 0 Å². The molecule has 1 aromatic heterocycles. The number of halogens is 2. The number of hydrogen-bond acceptors (Lipinski definition) is 4. The summed E-state index contributed by atoms with van der Waals surface area (Å²) in [5, 5.41) is 9.38. The minimum absolute atomic E-state index is 0.181. The maximum atomic E-state index is 12.0. The Morgan fingerprint density at radius 3 is 2.61 bits per heavy atom. The third-order valence-electron chi connectivity index (χ3n) is 3.92. The van der Waals surface area contributed by atoms with Gasteiger partial charge in [-0.2, -0.15) is 10.2 Å². The first-order valence-electron chi connectivity index (χ1n) is 8.49. The van der Waals surface area contributed by atoms with Crippen LogP contribution in [0.15, 0.2) is 59.7 Å². The lowest BCUT2D eigenvalue weighted by Crippen LogP contribution is -2.19. The number of amides is 1. The fourth-order valence-corrected chi connectivity index (χ4v) is 3.66. The van der Waals surface area contributed by atoms with E-state index in [1.807, 2.05) is 61.5 Å². The minimum Gasteiger partial charge on any atom is -0.272 e. The molecule has 0 radical (unpaired) electrons. The van der Waals surface area contributed by atoms with Crippen LogP contribution in [0, 0.1) is 6.92 Å². The SMILES string of the molecule is Cc1c(/C=N\NC(=O)CSCc2ccc(Cl)cc2)c(Cl)nn1-c1ccccc1. The number of rotatable bonds is 7. The fourth-order valence-electron chi connectivity index (χ4n) is 2.49. The number of para-hydroxylation sites is 1. The topological polar surface area (TPSA) is 59.3 Å². The van der Waals surface area contributed by atoms with E-state index in [1.54, 1.807) is 4.68 Å². The van der Waals surface area contributed by atoms with Gasteiger partial charge >= 0.3 is 0 Å². The van der Waals surface area contributed by atoms with Crippen LogP contribution in [0.25, 0.3) is 5.69 Å². The fraction of sp³-hybridized carbons (Fsp3) is 0.150.